The molecule has 5 nitrogen and oxygen atoms in total. The normalized spacial score (nSPS) is 24.6. The maximum Gasteiger partial charge on any atom is 0.240 e. The van der Waals surface area contributed by atoms with E-state index in [0.717, 1.165) is 5.57 Å². The molecule has 0 saturated carbocycles. The zero-order valence-electron chi connectivity index (χ0n) is 6.57. The zero-order chi connectivity index (χ0) is 8.43. The van der Waals surface area contributed by atoms with E-state index in [9.17, 15) is 5.11 Å². The molecule has 0 aromatic rings. The van der Waals surface area contributed by atoms with E-state index in [4.69, 9.17) is 5.73 Å². The molecular weight excluding hydrogens is 144 g/mol. The van der Waals surface area contributed by atoms with Gasteiger partial charge < -0.3 is 10.8 Å². The molecule has 1 aliphatic heterocycles. The predicted octanol–water partition coefficient (Wildman–Crippen LogP) is -1.03. The number of hydrogen-bond acceptors (Lipinski definition) is 5. The summed E-state index contributed by atoms with van der Waals surface area (Å²) in [6.07, 6.45) is 0.788. The minimum Gasteiger partial charge on any atom is -0.384 e. The molecule has 0 bridgehead atoms. The molecule has 0 saturated heterocycles. The standard InChI is InChI=1S/C6H12N4O/c1-4-3-10(8-2)6(11)9-5(4)7/h3,6,8,11H,1-2H3,(H2,7,9). The van der Waals surface area contributed by atoms with Crippen molar-refractivity contribution in [2.24, 2.45) is 10.7 Å². The highest BCUT2D eigenvalue weighted by atomic mass is 16.3. The zero-order valence-corrected chi connectivity index (χ0v) is 6.57. The Morgan fingerprint density at radius 3 is 3.00 bits per heavy atom. The van der Waals surface area contributed by atoms with Crippen molar-refractivity contribution >= 4 is 5.84 Å². The largest absolute Gasteiger partial charge is 0.384 e. The van der Waals surface area contributed by atoms with Crippen LogP contribution >= 0.6 is 0 Å². The summed E-state index contributed by atoms with van der Waals surface area (Å²) in [6.45, 7) is 1.83. The Bertz CT molecular complexity index is 211. The number of nitrogens with two attached hydrogens (primary N) is 1. The number of aliphatic hydroxyl groups is 1. The molecule has 11 heavy (non-hydrogen) atoms. The molecule has 0 amide bonds. The van der Waals surface area contributed by atoms with Gasteiger partial charge in [0.2, 0.25) is 6.35 Å². The van der Waals surface area contributed by atoms with Crippen molar-refractivity contribution < 1.29 is 5.11 Å². The molecule has 0 radical (unpaired) electrons. The van der Waals surface area contributed by atoms with Gasteiger partial charge in [-0.3, -0.25) is 5.01 Å². The van der Waals surface area contributed by atoms with Crippen LogP contribution in [0.4, 0.5) is 0 Å². The number of hydrogen-bond donors (Lipinski definition) is 3. The number of nitrogens with one attached hydrogen (secondary N) is 1. The highest BCUT2D eigenvalue weighted by molar-refractivity contribution is 5.96. The van der Waals surface area contributed by atoms with E-state index in [1.807, 2.05) is 6.92 Å². The summed E-state index contributed by atoms with van der Waals surface area (Å²) in [5, 5.41) is 10.7. The fourth-order valence-corrected chi connectivity index (χ4v) is 0.810. The average Bonchev–Trinajstić information content (AvgIpc) is 1.97. The second kappa shape index (κ2) is 2.89. The summed E-state index contributed by atoms with van der Waals surface area (Å²) < 4.78 is 0. The van der Waals surface area contributed by atoms with Crippen LogP contribution < -0.4 is 11.2 Å². The van der Waals surface area contributed by atoms with Crippen LogP contribution in [0.1, 0.15) is 6.92 Å². The molecule has 5 heteroatoms. The number of aliphatic imine (C=N–C) groups is 1. The quantitative estimate of drug-likeness (QED) is 0.454. The average molecular weight is 156 g/mol. The summed E-state index contributed by atoms with van der Waals surface area (Å²) in [6, 6.07) is 0. The van der Waals surface area contributed by atoms with E-state index in [2.05, 4.69) is 10.4 Å². The minimum absolute atomic E-state index is 0.379. The molecule has 1 rings (SSSR count). The lowest BCUT2D eigenvalue weighted by molar-refractivity contribution is 0.0154. The fraction of sp³-hybridized carbons (Fsp3) is 0.500. The first kappa shape index (κ1) is 8.03. The Labute approximate surface area is 65.2 Å². The van der Waals surface area contributed by atoms with Gasteiger partial charge in [-0.15, -0.1) is 0 Å². The lowest BCUT2D eigenvalue weighted by atomic mass is 10.3. The van der Waals surface area contributed by atoms with Crippen molar-refractivity contribution in [3.8, 4) is 0 Å². The van der Waals surface area contributed by atoms with Crippen molar-refractivity contribution in [1.82, 2.24) is 10.4 Å². The van der Waals surface area contributed by atoms with Gasteiger partial charge in [-0.1, -0.05) is 0 Å². The molecule has 1 unspecified atom stereocenters. The van der Waals surface area contributed by atoms with E-state index in [1.165, 1.54) is 5.01 Å². The molecule has 0 spiro atoms. The van der Waals surface area contributed by atoms with Gasteiger partial charge >= 0.3 is 0 Å². The van der Waals surface area contributed by atoms with Gasteiger partial charge in [0.05, 0.1) is 0 Å². The van der Waals surface area contributed by atoms with Gasteiger partial charge in [0.1, 0.15) is 5.84 Å². The van der Waals surface area contributed by atoms with E-state index < -0.39 is 6.35 Å². The Morgan fingerprint density at radius 1 is 1.82 bits per heavy atom. The van der Waals surface area contributed by atoms with Crippen molar-refractivity contribution in [3.63, 3.8) is 0 Å². The number of nitrogens with zero attached hydrogens (tertiary/aromatic N) is 2. The Morgan fingerprint density at radius 2 is 2.45 bits per heavy atom. The summed E-state index contributed by atoms with van der Waals surface area (Å²) in [5.74, 6) is 0.379. The monoisotopic (exact) mass is 156 g/mol. The van der Waals surface area contributed by atoms with Crippen LogP contribution in [0.5, 0.6) is 0 Å². The molecule has 0 aromatic carbocycles. The van der Waals surface area contributed by atoms with Gasteiger partial charge in [-0.05, 0) is 6.92 Å². The molecule has 1 atom stereocenters. The third kappa shape index (κ3) is 1.50. The summed E-state index contributed by atoms with van der Waals surface area (Å²) in [4.78, 5) is 3.76. The van der Waals surface area contributed by atoms with Crippen molar-refractivity contribution in [3.05, 3.63) is 11.8 Å². The van der Waals surface area contributed by atoms with E-state index >= 15 is 0 Å². The van der Waals surface area contributed by atoms with Crippen molar-refractivity contribution in [2.45, 2.75) is 13.3 Å². The molecule has 0 fully saturated rings. The summed E-state index contributed by atoms with van der Waals surface area (Å²) in [7, 11) is 1.70. The Hall–Kier alpha value is -1.07. The number of hydrazine groups is 1. The van der Waals surface area contributed by atoms with Crippen LogP contribution in [-0.4, -0.2) is 29.4 Å². The first-order chi connectivity index (χ1) is 5.15. The van der Waals surface area contributed by atoms with Crippen molar-refractivity contribution in [2.75, 3.05) is 7.05 Å². The van der Waals surface area contributed by atoms with Crippen LogP contribution in [-0.2, 0) is 0 Å². The number of amidine groups is 1. The number of rotatable bonds is 1. The number of aliphatic hydroxyl groups excluding tert-OH is 1. The second-order valence-electron chi connectivity index (χ2n) is 2.30. The highest BCUT2D eigenvalue weighted by Gasteiger charge is 2.15. The van der Waals surface area contributed by atoms with Crippen LogP contribution in [0.25, 0.3) is 0 Å². The van der Waals surface area contributed by atoms with Gasteiger partial charge in [0.15, 0.2) is 0 Å². The second-order valence-corrected chi connectivity index (χ2v) is 2.30. The lowest BCUT2D eigenvalue weighted by Crippen LogP contribution is -2.42. The molecule has 1 aliphatic rings. The minimum atomic E-state index is -0.913. The highest BCUT2D eigenvalue weighted by Crippen LogP contribution is 2.06. The van der Waals surface area contributed by atoms with E-state index in [-0.39, 0.29) is 0 Å². The Balaban J connectivity index is 2.79. The summed E-state index contributed by atoms with van der Waals surface area (Å²) in [5.41, 5.74) is 9.04. The van der Waals surface area contributed by atoms with Gasteiger partial charge in [-0.2, -0.15) is 0 Å². The first-order valence-electron chi connectivity index (χ1n) is 3.31. The lowest BCUT2D eigenvalue weighted by Gasteiger charge is -2.26. The third-order valence-electron chi connectivity index (χ3n) is 1.50. The third-order valence-corrected chi connectivity index (χ3v) is 1.50. The SMILES string of the molecule is CNN1C=C(C)C(N)=NC1O. The molecule has 0 aromatic heterocycles. The molecule has 0 aliphatic carbocycles. The molecule has 4 N–H and O–H groups in total. The van der Waals surface area contributed by atoms with Crippen LogP contribution in [0.2, 0.25) is 0 Å². The van der Waals surface area contributed by atoms with Crippen LogP contribution in [0.3, 0.4) is 0 Å². The summed E-state index contributed by atoms with van der Waals surface area (Å²) >= 11 is 0. The van der Waals surface area contributed by atoms with Gasteiger partial charge in [0.25, 0.3) is 0 Å². The van der Waals surface area contributed by atoms with E-state index in [1.54, 1.807) is 13.2 Å². The van der Waals surface area contributed by atoms with Crippen LogP contribution in [0, 0.1) is 0 Å². The molecule has 62 valence electrons. The van der Waals surface area contributed by atoms with Gasteiger partial charge in [-0.25, -0.2) is 10.4 Å². The molecular formula is C6H12N4O. The molecule has 1 heterocycles. The maximum absolute atomic E-state index is 9.21. The van der Waals surface area contributed by atoms with Gasteiger partial charge in [0, 0.05) is 18.8 Å². The van der Waals surface area contributed by atoms with Crippen LogP contribution in [0.15, 0.2) is 16.8 Å². The van der Waals surface area contributed by atoms with E-state index in [0.29, 0.717) is 5.84 Å². The van der Waals surface area contributed by atoms with Crippen molar-refractivity contribution in [1.29, 1.82) is 0 Å². The fourth-order valence-electron chi connectivity index (χ4n) is 0.810. The predicted molar refractivity (Wildman–Crippen MR) is 42.3 cm³/mol. The Kier molecular flexibility index (Phi) is 2.11. The smallest absolute Gasteiger partial charge is 0.240 e. The topological polar surface area (TPSA) is 73.9 Å². The first-order valence-corrected chi connectivity index (χ1v) is 3.31. The maximum atomic E-state index is 9.21.